The second-order valence-electron chi connectivity index (χ2n) is 8.44. The largest absolute Gasteiger partial charge is 0.456 e. The lowest BCUT2D eigenvalue weighted by Gasteiger charge is -2.24. The Morgan fingerprint density at radius 1 is 1.15 bits per heavy atom. The Kier molecular flexibility index (Phi) is 5.46. The first-order valence-electron chi connectivity index (χ1n) is 10.9. The number of carbonyl (C=O) groups is 2. The van der Waals surface area contributed by atoms with Crippen LogP contribution < -0.4 is 16.2 Å². The first-order chi connectivity index (χ1) is 16.3. The van der Waals surface area contributed by atoms with Gasteiger partial charge in [0.05, 0.1) is 6.33 Å². The third-order valence-electron chi connectivity index (χ3n) is 5.53. The van der Waals surface area contributed by atoms with Gasteiger partial charge < -0.3 is 23.9 Å². The average Bonchev–Trinajstić information content (AvgIpc) is 3.54. The van der Waals surface area contributed by atoms with Gasteiger partial charge in [-0.15, -0.1) is 0 Å². The molecule has 2 fully saturated rings. The van der Waals surface area contributed by atoms with E-state index in [1.807, 2.05) is 6.92 Å². The molecule has 0 unspecified atom stereocenters. The fourth-order valence-electron chi connectivity index (χ4n) is 4.15. The van der Waals surface area contributed by atoms with Gasteiger partial charge in [0, 0.05) is 6.54 Å². The van der Waals surface area contributed by atoms with Crippen LogP contribution >= 0.6 is 0 Å². The van der Waals surface area contributed by atoms with Gasteiger partial charge in [0.1, 0.15) is 24.3 Å². The highest BCUT2D eigenvalue weighted by molar-refractivity contribution is 5.93. The van der Waals surface area contributed by atoms with E-state index in [9.17, 15) is 9.59 Å². The fourth-order valence-corrected chi connectivity index (χ4v) is 4.15. The minimum Gasteiger partial charge on any atom is -0.456 e. The molecule has 13 nitrogen and oxygen atoms in total. The highest BCUT2D eigenvalue weighted by Crippen LogP contribution is 2.43. The molecule has 0 aliphatic carbocycles. The van der Waals surface area contributed by atoms with Crippen molar-refractivity contribution in [2.45, 2.75) is 58.0 Å². The summed E-state index contributed by atoms with van der Waals surface area (Å²) >= 11 is 0. The van der Waals surface area contributed by atoms with Crippen molar-refractivity contribution >= 4 is 28.8 Å². The number of likely N-dealkylation sites (N-methyl/N-ethyl adjacent to an activating group) is 1. The smallest absolute Gasteiger partial charge is 0.305 e. The lowest BCUT2D eigenvalue weighted by Crippen LogP contribution is -2.42. The number of amides is 2. The van der Waals surface area contributed by atoms with E-state index >= 15 is 0 Å². The number of fused-ring (bicyclic) bond motifs is 2. The predicted octanol–water partition coefficient (Wildman–Crippen LogP) is 1.04. The Morgan fingerprint density at radius 3 is 2.68 bits per heavy atom. The van der Waals surface area contributed by atoms with Crippen molar-refractivity contribution in [1.82, 2.24) is 30.3 Å². The topological polar surface area (TPSA) is 155 Å². The molecule has 0 saturated carbocycles. The molecule has 3 aromatic heterocycles. The lowest BCUT2D eigenvalue weighted by atomic mass is 10.1. The Hall–Kier alpha value is -3.55. The fraction of sp³-hybridized carbons (Fsp3) is 0.476. The minimum atomic E-state index is -0.880. The molecular formula is C21H25N7O6. The highest BCUT2D eigenvalue weighted by Gasteiger charge is 2.58. The van der Waals surface area contributed by atoms with Crippen LogP contribution in [0.4, 0.5) is 5.82 Å². The molecule has 180 valence electrons. The van der Waals surface area contributed by atoms with E-state index in [0.29, 0.717) is 23.5 Å². The van der Waals surface area contributed by atoms with Gasteiger partial charge in [-0.05, 0) is 39.8 Å². The summed E-state index contributed by atoms with van der Waals surface area (Å²) in [7, 11) is 0. The second-order valence-corrected chi connectivity index (χ2v) is 8.44. The van der Waals surface area contributed by atoms with Crippen LogP contribution in [0.15, 0.2) is 29.2 Å². The molecule has 34 heavy (non-hydrogen) atoms. The number of aryl methyl sites for hydroxylation is 1. The first kappa shape index (κ1) is 22.3. The third-order valence-corrected chi connectivity index (χ3v) is 5.53. The zero-order valence-electron chi connectivity index (χ0n) is 19.1. The number of rotatable bonds is 6. The van der Waals surface area contributed by atoms with Crippen LogP contribution in [0, 0.1) is 6.92 Å². The van der Waals surface area contributed by atoms with Crippen molar-refractivity contribution < 1.29 is 28.2 Å². The molecule has 2 aliphatic rings. The van der Waals surface area contributed by atoms with Gasteiger partial charge >= 0.3 is 5.91 Å². The number of ether oxygens (including phenoxy) is 3. The summed E-state index contributed by atoms with van der Waals surface area (Å²) in [5.41, 5.74) is 6.10. The van der Waals surface area contributed by atoms with Crippen molar-refractivity contribution in [2.24, 2.45) is 0 Å². The normalized spacial score (nSPS) is 25.3. The maximum absolute atomic E-state index is 12.6. The first-order valence-corrected chi connectivity index (χ1v) is 10.9. The molecule has 3 N–H and O–H groups in total. The summed E-state index contributed by atoms with van der Waals surface area (Å²) < 4.78 is 25.1. The van der Waals surface area contributed by atoms with E-state index in [2.05, 4.69) is 31.1 Å². The number of anilines is 1. The molecule has 0 aromatic carbocycles. The number of imidazole rings is 1. The number of nitrogens with zero attached hydrogens (tertiary/aromatic N) is 4. The Labute approximate surface area is 194 Å². The van der Waals surface area contributed by atoms with Crippen LogP contribution in [0.25, 0.3) is 11.2 Å². The van der Waals surface area contributed by atoms with E-state index < -0.39 is 36.2 Å². The van der Waals surface area contributed by atoms with Crippen molar-refractivity contribution in [3.05, 3.63) is 36.3 Å². The van der Waals surface area contributed by atoms with Gasteiger partial charge in [0.2, 0.25) is 0 Å². The van der Waals surface area contributed by atoms with Gasteiger partial charge in [-0.1, -0.05) is 0 Å². The number of hydrogen-bond donors (Lipinski definition) is 3. The predicted molar refractivity (Wildman–Crippen MR) is 116 cm³/mol. The van der Waals surface area contributed by atoms with Crippen LogP contribution in [-0.2, 0) is 19.0 Å². The second kappa shape index (κ2) is 8.34. The van der Waals surface area contributed by atoms with Gasteiger partial charge in [0.15, 0.2) is 40.9 Å². The summed E-state index contributed by atoms with van der Waals surface area (Å²) in [4.78, 5) is 37.8. The van der Waals surface area contributed by atoms with Crippen LogP contribution in [-0.4, -0.2) is 62.0 Å². The molecule has 2 saturated heterocycles. The Morgan fingerprint density at radius 2 is 1.94 bits per heavy atom. The van der Waals surface area contributed by atoms with Crippen molar-refractivity contribution in [1.29, 1.82) is 0 Å². The molecular weight excluding hydrogens is 446 g/mol. The SMILES string of the molecule is CCNC(=O)[C@H]1O[C@@H](n2cnc3c(NNC(=O)c4ccc(C)o4)ncnc32)[C@@H]2OC(C)(C)O[C@@H]21. The van der Waals surface area contributed by atoms with Gasteiger partial charge in [-0.2, -0.15) is 0 Å². The maximum Gasteiger partial charge on any atom is 0.305 e. The van der Waals surface area contributed by atoms with E-state index in [1.54, 1.807) is 37.5 Å². The lowest BCUT2D eigenvalue weighted by molar-refractivity contribution is -0.197. The summed E-state index contributed by atoms with van der Waals surface area (Å²) in [5.74, 6) is -0.573. The van der Waals surface area contributed by atoms with Crippen LogP contribution in [0.1, 0.15) is 43.3 Å². The molecule has 0 radical (unpaired) electrons. The summed E-state index contributed by atoms with van der Waals surface area (Å²) in [6, 6.07) is 3.26. The van der Waals surface area contributed by atoms with Gasteiger partial charge in [0.25, 0.3) is 5.91 Å². The average molecular weight is 471 g/mol. The van der Waals surface area contributed by atoms with Crippen LogP contribution in [0.3, 0.4) is 0 Å². The Balaban J connectivity index is 1.41. The van der Waals surface area contributed by atoms with E-state index in [4.69, 9.17) is 18.6 Å². The molecule has 2 aliphatic heterocycles. The standard InChI is InChI=1S/C21H25N7O6/c1-5-22-19(30)14-13-15(34-21(3,4)33-13)20(32-14)28-9-25-12-16(23-8-24-17(12)28)26-27-18(29)11-7-6-10(2)31-11/h6-9,13-15,20H,5H2,1-4H3,(H,22,30)(H,27,29)(H,23,24,26)/t13-,14+,15-,20-/m1/s1. The third kappa shape index (κ3) is 3.87. The molecule has 0 bridgehead atoms. The van der Waals surface area contributed by atoms with Crippen molar-refractivity contribution in [3.8, 4) is 0 Å². The number of furan rings is 1. The summed E-state index contributed by atoms with van der Waals surface area (Å²) in [6.07, 6.45) is 0.124. The number of hydrogen-bond acceptors (Lipinski definition) is 10. The molecule has 13 heteroatoms. The Bertz CT molecular complexity index is 1240. The maximum atomic E-state index is 12.6. The zero-order chi connectivity index (χ0) is 24.0. The number of hydrazine groups is 1. The zero-order valence-corrected chi connectivity index (χ0v) is 19.1. The molecule has 5 rings (SSSR count). The van der Waals surface area contributed by atoms with Gasteiger partial charge in [-0.25, -0.2) is 15.0 Å². The molecule has 3 aromatic rings. The van der Waals surface area contributed by atoms with Gasteiger partial charge in [-0.3, -0.25) is 25.0 Å². The molecule has 2 amide bonds. The molecule has 5 heterocycles. The van der Waals surface area contributed by atoms with E-state index in [-0.39, 0.29) is 17.5 Å². The molecule has 0 spiro atoms. The number of carbonyl (C=O) groups excluding carboxylic acids is 2. The number of aromatic nitrogens is 4. The van der Waals surface area contributed by atoms with Crippen LogP contribution in [0.2, 0.25) is 0 Å². The minimum absolute atomic E-state index is 0.156. The van der Waals surface area contributed by atoms with E-state index in [0.717, 1.165) is 0 Å². The van der Waals surface area contributed by atoms with Crippen LogP contribution in [0.5, 0.6) is 0 Å². The number of nitrogens with one attached hydrogen (secondary N) is 3. The van der Waals surface area contributed by atoms with Crippen molar-refractivity contribution in [2.75, 3.05) is 12.0 Å². The summed E-state index contributed by atoms with van der Waals surface area (Å²) in [5, 5.41) is 2.77. The van der Waals surface area contributed by atoms with E-state index in [1.165, 1.54) is 12.7 Å². The quantitative estimate of drug-likeness (QED) is 0.444. The highest BCUT2D eigenvalue weighted by atomic mass is 16.8. The van der Waals surface area contributed by atoms with Crippen molar-refractivity contribution in [3.63, 3.8) is 0 Å². The molecule has 4 atom stereocenters. The monoisotopic (exact) mass is 471 g/mol. The summed E-state index contributed by atoms with van der Waals surface area (Å²) in [6.45, 7) is 7.62.